The largest absolute Gasteiger partial charge is 0.278 e. The van der Waals surface area contributed by atoms with Crippen LogP contribution in [0.2, 0.25) is 10.0 Å². The highest BCUT2D eigenvalue weighted by Gasteiger charge is 2.25. The SMILES string of the molecule is Cc1ccc(Cl)c2sc(N(Cc3ccccn3)C(=O)c3ccc(F)cc3Cl)nc12. The maximum absolute atomic E-state index is 13.5. The van der Waals surface area contributed by atoms with Crippen LogP contribution in [0, 0.1) is 12.7 Å². The first-order chi connectivity index (χ1) is 13.9. The lowest BCUT2D eigenvalue weighted by atomic mass is 10.2. The van der Waals surface area contributed by atoms with E-state index in [1.165, 1.54) is 28.4 Å². The smallest absolute Gasteiger partial charge is 0.261 e. The zero-order valence-corrected chi connectivity index (χ0v) is 17.5. The molecule has 2 aromatic heterocycles. The lowest BCUT2D eigenvalue weighted by molar-refractivity contribution is 0.0985. The van der Waals surface area contributed by atoms with Gasteiger partial charge in [0.1, 0.15) is 5.82 Å². The minimum atomic E-state index is -0.509. The zero-order valence-electron chi connectivity index (χ0n) is 15.2. The normalized spacial score (nSPS) is 11.0. The number of fused-ring (bicyclic) bond motifs is 1. The molecule has 0 saturated carbocycles. The molecule has 4 aromatic rings. The van der Waals surface area contributed by atoms with Crippen molar-refractivity contribution in [3.63, 3.8) is 0 Å². The van der Waals surface area contributed by atoms with Gasteiger partial charge in [0.2, 0.25) is 0 Å². The van der Waals surface area contributed by atoms with Gasteiger partial charge in [0, 0.05) is 6.20 Å². The molecule has 0 bridgehead atoms. The average Bonchev–Trinajstić information content (AvgIpc) is 3.16. The molecule has 4 nitrogen and oxygen atoms in total. The van der Waals surface area contributed by atoms with E-state index in [-0.39, 0.29) is 17.1 Å². The Morgan fingerprint density at radius 1 is 1.14 bits per heavy atom. The molecule has 0 aliphatic rings. The Morgan fingerprint density at radius 3 is 2.66 bits per heavy atom. The van der Waals surface area contributed by atoms with Crippen molar-refractivity contribution < 1.29 is 9.18 Å². The number of carbonyl (C=O) groups excluding carboxylic acids is 1. The number of carbonyl (C=O) groups is 1. The number of hydrogen-bond acceptors (Lipinski definition) is 4. The fourth-order valence-corrected chi connectivity index (χ4v) is 4.46. The molecule has 0 N–H and O–H groups in total. The number of anilines is 1. The van der Waals surface area contributed by atoms with Crippen molar-refractivity contribution in [2.24, 2.45) is 0 Å². The summed E-state index contributed by atoms with van der Waals surface area (Å²) in [5.41, 5.74) is 2.56. The van der Waals surface area contributed by atoms with Gasteiger partial charge >= 0.3 is 0 Å². The molecule has 2 aromatic carbocycles. The van der Waals surface area contributed by atoms with Gasteiger partial charge in [-0.05, 0) is 48.9 Å². The summed E-state index contributed by atoms with van der Waals surface area (Å²) >= 11 is 13.8. The van der Waals surface area contributed by atoms with E-state index in [1.807, 2.05) is 31.2 Å². The highest BCUT2D eigenvalue weighted by Crippen LogP contribution is 2.37. The quantitative estimate of drug-likeness (QED) is 0.370. The lowest BCUT2D eigenvalue weighted by Gasteiger charge is -2.20. The molecular formula is C21H14Cl2FN3OS. The molecule has 0 unspecified atom stereocenters. The van der Waals surface area contributed by atoms with Crippen molar-refractivity contribution in [2.75, 3.05) is 4.90 Å². The van der Waals surface area contributed by atoms with Gasteiger partial charge in [-0.25, -0.2) is 9.37 Å². The number of amides is 1. The van der Waals surface area contributed by atoms with Crippen LogP contribution in [0.5, 0.6) is 0 Å². The lowest BCUT2D eigenvalue weighted by Crippen LogP contribution is -2.31. The maximum atomic E-state index is 13.5. The van der Waals surface area contributed by atoms with Crippen molar-refractivity contribution in [3.05, 3.63) is 87.4 Å². The van der Waals surface area contributed by atoms with E-state index in [0.717, 1.165) is 21.8 Å². The molecule has 0 atom stereocenters. The van der Waals surface area contributed by atoms with E-state index >= 15 is 0 Å². The summed E-state index contributed by atoms with van der Waals surface area (Å²) in [6.07, 6.45) is 1.65. The first-order valence-corrected chi connectivity index (χ1v) is 10.2. The standard InChI is InChI=1S/C21H14Cl2FN3OS/c1-12-5-8-16(22)19-18(12)26-21(29-19)27(11-14-4-2-3-9-25-14)20(28)15-7-6-13(24)10-17(15)23/h2-10H,11H2,1H3. The number of hydrogen-bond donors (Lipinski definition) is 0. The van der Waals surface area contributed by atoms with Gasteiger partial charge in [-0.1, -0.05) is 46.7 Å². The third kappa shape index (κ3) is 3.96. The van der Waals surface area contributed by atoms with Gasteiger partial charge in [-0.15, -0.1) is 0 Å². The first kappa shape index (κ1) is 19.8. The summed E-state index contributed by atoms with van der Waals surface area (Å²) in [4.78, 5) is 23.8. The summed E-state index contributed by atoms with van der Waals surface area (Å²) in [5, 5.41) is 1.07. The summed E-state index contributed by atoms with van der Waals surface area (Å²) < 4.78 is 14.3. The zero-order chi connectivity index (χ0) is 20.5. The average molecular weight is 446 g/mol. The van der Waals surface area contributed by atoms with Crippen LogP contribution in [0.3, 0.4) is 0 Å². The van der Waals surface area contributed by atoms with Gasteiger partial charge in [-0.2, -0.15) is 0 Å². The fourth-order valence-electron chi connectivity index (χ4n) is 2.89. The number of rotatable bonds is 4. The Morgan fingerprint density at radius 2 is 1.97 bits per heavy atom. The Kier molecular flexibility index (Phi) is 5.50. The van der Waals surface area contributed by atoms with Gasteiger partial charge < -0.3 is 0 Å². The molecule has 4 rings (SSSR count). The minimum Gasteiger partial charge on any atom is -0.278 e. The molecule has 8 heteroatoms. The summed E-state index contributed by atoms with van der Waals surface area (Å²) in [5.74, 6) is -0.904. The second-order valence-corrected chi connectivity index (χ2v) is 8.17. The third-order valence-corrected chi connectivity index (χ3v) is 6.22. The minimum absolute atomic E-state index is 0.0383. The van der Waals surface area contributed by atoms with E-state index in [4.69, 9.17) is 23.2 Å². The van der Waals surface area contributed by atoms with E-state index in [1.54, 1.807) is 12.3 Å². The van der Waals surface area contributed by atoms with E-state index in [2.05, 4.69) is 9.97 Å². The van der Waals surface area contributed by atoms with Crippen LogP contribution in [0.25, 0.3) is 10.2 Å². The molecule has 0 spiro atoms. The third-order valence-electron chi connectivity index (χ3n) is 4.37. The van der Waals surface area contributed by atoms with Crippen molar-refractivity contribution in [2.45, 2.75) is 13.5 Å². The van der Waals surface area contributed by atoms with Crippen LogP contribution in [0.15, 0.2) is 54.7 Å². The number of aryl methyl sites for hydroxylation is 1. The number of benzene rings is 2. The molecule has 0 saturated heterocycles. The van der Waals surface area contributed by atoms with Gasteiger partial charge in [0.25, 0.3) is 5.91 Å². The molecule has 0 aliphatic carbocycles. The summed E-state index contributed by atoms with van der Waals surface area (Å²) in [6, 6.07) is 12.8. The second kappa shape index (κ2) is 8.06. The Hall–Kier alpha value is -2.54. The number of pyridine rings is 1. The number of thiazole rings is 1. The van der Waals surface area contributed by atoms with Crippen molar-refractivity contribution in [3.8, 4) is 0 Å². The molecular weight excluding hydrogens is 432 g/mol. The topological polar surface area (TPSA) is 46.1 Å². The molecule has 0 fully saturated rings. The first-order valence-electron chi connectivity index (χ1n) is 8.66. The van der Waals surface area contributed by atoms with Crippen LogP contribution in [-0.4, -0.2) is 15.9 Å². The van der Waals surface area contributed by atoms with Gasteiger partial charge in [0.15, 0.2) is 5.13 Å². The Balaban J connectivity index is 1.83. The highest BCUT2D eigenvalue weighted by molar-refractivity contribution is 7.23. The predicted molar refractivity (Wildman–Crippen MR) is 116 cm³/mol. The van der Waals surface area contributed by atoms with E-state index < -0.39 is 11.7 Å². The molecule has 1 amide bonds. The summed E-state index contributed by atoms with van der Waals surface area (Å²) in [7, 11) is 0. The van der Waals surface area contributed by atoms with E-state index in [0.29, 0.717) is 15.8 Å². The molecule has 0 aliphatic heterocycles. The summed E-state index contributed by atoms with van der Waals surface area (Å²) in [6.45, 7) is 2.12. The van der Waals surface area contributed by atoms with Crippen molar-refractivity contribution >= 4 is 55.8 Å². The second-order valence-electron chi connectivity index (χ2n) is 6.37. The van der Waals surface area contributed by atoms with Gasteiger partial charge in [-0.3, -0.25) is 14.7 Å². The van der Waals surface area contributed by atoms with Crippen LogP contribution < -0.4 is 4.90 Å². The van der Waals surface area contributed by atoms with Crippen LogP contribution >= 0.6 is 34.5 Å². The number of halogens is 3. The number of aromatic nitrogens is 2. The highest BCUT2D eigenvalue weighted by atomic mass is 35.5. The van der Waals surface area contributed by atoms with Crippen molar-refractivity contribution in [1.29, 1.82) is 0 Å². The van der Waals surface area contributed by atoms with Crippen molar-refractivity contribution in [1.82, 2.24) is 9.97 Å². The van der Waals surface area contributed by atoms with E-state index in [9.17, 15) is 9.18 Å². The van der Waals surface area contributed by atoms with Crippen LogP contribution in [-0.2, 0) is 6.54 Å². The molecule has 146 valence electrons. The molecule has 29 heavy (non-hydrogen) atoms. The van der Waals surface area contributed by atoms with Crippen LogP contribution in [0.4, 0.5) is 9.52 Å². The number of nitrogens with zero attached hydrogens (tertiary/aromatic N) is 3. The van der Waals surface area contributed by atoms with Gasteiger partial charge in [0.05, 0.1) is 38.1 Å². The molecule has 0 radical (unpaired) electrons. The monoisotopic (exact) mass is 445 g/mol. The Bertz CT molecular complexity index is 1170. The maximum Gasteiger partial charge on any atom is 0.261 e. The Labute approximate surface area is 180 Å². The molecule has 2 heterocycles. The van der Waals surface area contributed by atoms with Crippen LogP contribution in [0.1, 0.15) is 21.6 Å². The predicted octanol–water partition coefficient (Wildman–Crippen LogP) is 6.29. The fraction of sp³-hybridized carbons (Fsp3) is 0.0952.